The maximum Gasteiger partial charge on any atom is 0.306 e. The monoisotopic (exact) mass is 701 g/mol. The van der Waals surface area contributed by atoms with Crippen molar-refractivity contribution in [1.82, 2.24) is 0 Å². The number of hydrogen-bond donors (Lipinski definition) is 0. The minimum absolute atomic E-state index is 0.0325. The lowest BCUT2D eigenvalue weighted by Gasteiger charge is -2.28. The average Bonchev–Trinajstić information content (AvgIpc) is 3.02. The number of ether oxygens (including phenoxy) is 2. The Morgan fingerprint density at radius 2 is 1.12 bits per heavy atom. The van der Waals surface area contributed by atoms with Gasteiger partial charge in [-0.1, -0.05) is 122 Å². The summed E-state index contributed by atoms with van der Waals surface area (Å²) < 4.78 is 33.7. The molecule has 0 aliphatic heterocycles. The molecule has 0 saturated carbocycles. The van der Waals surface area contributed by atoms with Gasteiger partial charge in [0.2, 0.25) is 0 Å². The molecule has 0 amide bonds. The number of quaternary nitrogens is 1. The molecule has 0 rings (SSSR count). The Kier molecular flexibility index (Phi) is 30.5. The molecule has 0 aromatic heterocycles. The molecule has 9 nitrogen and oxygen atoms in total. The molecule has 0 N–H and O–H groups in total. The van der Waals surface area contributed by atoms with E-state index in [-0.39, 0.29) is 26.1 Å². The molecule has 0 aliphatic carbocycles. The highest BCUT2D eigenvalue weighted by molar-refractivity contribution is 7.45. The van der Waals surface area contributed by atoms with Crippen molar-refractivity contribution in [2.24, 2.45) is 0 Å². The first kappa shape index (κ1) is 46.5. The van der Waals surface area contributed by atoms with E-state index in [0.717, 1.165) is 57.8 Å². The number of rotatable bonds is 34. The lowest BCUT2D eigenvalue weighted by atomic mass is 10.1. The molecule has 0 aromatic rings. The Labute approximate surface area is 294 Å². The number of hydrogen-bond acceptors (Lipinski definition) is 8. The number of allylic oxidation sites excluding steroid dienone is 4. The summed E-state index contributed by atoms with van der Waals surface area (Å²) in [5, 5.41) is 0. The van der Waals surface area contributed by atoms with E-state index in [4.69, 9.17) is 18.5 Å². The summed E-state index contributed by atoms with van der Waals surface area (Å²) in [5.41, 5.74) is 0. The second-order valence-electron chi connectivity index (χ2n) is 13.9. The van der Waals surface area contributed by atoms with E-state index < -0.39 is 32.5 Å². The lowest BCUT2D eigenvalue weighted by Crippen LogP contribution is -2.37. The van der Waals surface area contributed by atoms with Crippen LogP contribution in [0.25, 0.3) is 0 Å². The van der Waals surface area contributed by atoms with Crippen LogP contribution in [0.2, 0.25) is 0 Å². The van der Waals surface area contributed by atoms with Crippen LogP contribution in [0.3, 0.4) is 0 Å². The van der Waals surface area contributed by atoms with Crippen LogP contribution in [-0.4, -0.2) is 70.0 Å². The molecular weight excluding hydrogens is 629 g/mol. The molecule has 0 aromatic carbocycles. The summed E-state index contributed by atoms with van der Waals surface area (Å²) in [6.45, 7) is 4.14. The normalized spacial score (nSPS) is 14.0. The topological polar surface area (TPSA) is 111 Å². The number of phosphoric ester groups is 1. The van der Waals surface area contributed by atoms with Crippen LogP contribution in [0.5, 0.6) is 0 Å². The summed E-state index contributed by atoms with van der Waals surface area (Å²) >= 11 is 0. The number of likely N-dealkylation sites (N-methyl/N-ethyl adjacent to an activating group) is 1. The molecule has 0 spiro atoms. The maximum absolute atomic E-state index is 12.6. The number of carbonyl (C=O) groups is 2. The quantitative estimate of drug-likeness (QED) is 0.0215. The summed E-state index contributed by atoms with van der Waals surface area (Å²) in [5.74, 6) is -0.855. The first-order valence-electron chi connectivity index (χ1n) is 19.0. The van der Waals surface area contributed by atoms with E-state index in [1.165, 1.54) is 64.2 Å². The zero-order chi connectivity index (χ0) is 35.8. The third-order valence-corrected chi connectivity index (χ3v) is 8.94. The van der Waals surface area contributed by atoms with Gasteiger partial charge in [0.15, 0.2) is 6.10 Å². The molecule has 0 bridgehead atoms. The summed E-state index contributed by atoms with van der Waals surface area (Å²) in [6.07, 6.45) is 30.7. The van der Waals surface area contributed by atoms with Gasteiger partial charge in [-0.2, -0.15) is 0 Å². The standard InChI is InChI=1S/C38H72NO8P/c1-6-8-10-12-14-16-17-18-19-20-21-22-23-25-27-29-31-38(41)47-36(35-46-48(42,43)45-33-32-39(3,4)5)34-44-37(40)30-28-26-24-15-13-11-9-7-2/h16-17,19-20,36H,6-15,18,21-35H2,1-5H3/b17-16-,20-19-. The third kappa shape index (κ3) is 34.4. The van der Waals surface area contributed by atoms with Gasteiger partial charge in [0.05, 0.1) is 27.7 Å². The van der Waals surface area contributed by atoms with Crippen LogP contribution in [0.4, 0.5) is 0 Å². The van der Waals surface area contributed by atoms with Crippen molar-refractivity contribution < 1.29 is 42.1 Å². The molecule has 0 saturated heterocycles. The fourth-order valence-corrected chi connectivity index (χ4v) is 5.65. The van der Waals surface area contributed by atoms with E-state index in [0.29, 0.717) is 17.4 Å². The Balaban J connectivity index is 4.43. The molecule has 10 heteroatoms. The molecule has 0 radical (unpaired) electrons. The third-order valence-electron chi connectivity index (χ3n) is 7.97. The van der Waals surface area contributed by atoms with Gasteiger partial charge >= 0.3 is 11.9 Å². The van der Waals surface area contributed by atoms with E-state index >= 15 is 0 Å². The molecule has 0 heterocycles. The highest BCUT2D eigenvalue weighted by Gasteiger charge is 2.21. The maximum atomic E-state index is 12.6. The highest BCUT2D eigenvalue weighted by atomic mass is 31.2. The van der Waals surface area contributed by atoms with Gasteiger partial charge in [0, 0.05) is 12.8 Å². The van der Waals surface area contributed by atoms with Crippen molar-refractivity contribution in [3.8, 4) is 0 Å². The predicted octanol–water partition coefficient (Wildman–Crippen LogP) is 9.38. The summed E-state index contributed by atoms with van der Waals surface area (Å²) in [4.78, 5) is 37.2. The number of unbranched alkanes of at least 4 members (excludes halogenated alkanes) is 16. The fraction of sp³-hybridized carbons (Fsp3) is 0.842. The minimum atomic E-state index is -4.61. The van der Waals surface area contributed by atoms with Crippen molar-refractivity contribution in [1.29, 1.82) is 0 Å². The average molecular weight is 702 g/mol. The van der Waals surface area contributed by atoms with Gasteiger partial charge in [0.1, 0.15) is 19.8 Å². The molecule has 0 fully saturated rings. The zero-order valence-corrected chi connectivity index (χ0v) is 32.3. The number of nitrogens with zero attached hydrogens (tertiary/aromatic N) is 1. The first-order chi connectivity index (χ1) is 23.0. The number of carbonyl (C=O) groups excluding carboxylic acids is 2. The van der Waals surface area contributed by atoms with E-state index in [2.05, 4.69) is 38.2 Å². The second-order valence-corrected chi connectivity index (χ2v) is 15.4. The molecule has 2 unspecified atom stereocenters. The molecule has 2 atom stereocenters. The number of esters is 2. The van der Waals surface area contributed by atoms with Crippen LogP contribution in [-0.2, 0) is 32.7 Å². The van der Waals surface area contributed by atoms with Crippen LogP contribution >= 0.6 is 7.82 Å². The van der Waals surface area contributed by atoms with Gasteiger partial charge in [-0.3, -0.25) is 14.2 Å². The highest BCUT2D eigenvalue weighted by Crippen LogP contribution is 2.38. The SMILES string of the molecule is CCCCCC/C=C\C/C=C\CCCCCCCC(=O)OC(COC(=O)CCCCCCCCCC)COP(=O)([O-])OCC[N+](C)(C)C. The Morgan fingerprint density at radius 1 is 0.646 bits per heavy atom. The Hall–Kier alpha value is -1.51. The van der Waals surface area contributed by atoms with Crippen molar-refractivity contribution in [2.75, 3.05) is 47.5 Å². The minimum Gasteiger partial charge on any atom is -0.756 e. The van der Waals surface area contributed by atoms with Crippen molar-refractivity contribution >= 4 is 19.8 Å². The van der Waals surface area contributed by atoms with Gasteiger partial charge in [-0.05, 0) is 44.9 Å². The van der Waals surface area contributed by atoms with Gasteiger partial charge < -0.3 is 27.9 Å². The second kappa shape index (κ2) is 31.5. The van der Waals surface area contributed by atoms with Gasteiger partial charge in [-0.15, -0.1) is 0 Å². The Bertz CT molecular complexity index is 886. The largest absolute Gasteiger partial charge is 0.756 e. The van der Waals surface area contributed by atoms with E-state index in [1.807, 2.05) is 21.1 Å². The van der Waals surface area contributed by atoms with Gasteiger partial charge in [0.25, 0.3) is 7.82 Å². The fourth-order valence-electron chi connectivity index (χ4n) is 4.92. The van der Waals surface area contributed by atoms with Crippen LogP contribution in [0.1, 0.15) is 155 Å². The number of phosphoric acid groups is 1. The Morgan fingerprint density at radius 3 is 1.67 bits per heavy atom. The van der Waals surface area contributed by atoms with Gasteiger partial charge in [-0.25, -0.2) is 0 Å². The van der Waals surface area contributed by atoms with Crippen LogP contribution in [0, 0.1) is 0 Å². The molecular formula is C38H72NO8P. The molecule has 48 heavy (non-hydrogen) atoms. The van der Waals surface area contributed by atoms with Crippen molar-refractivity contribution in [3.63, 3.8) is 0 Å². The van der Waals surface area contributed by atoms with Crippen molar-refractivity contribution in [3.05, 3.63) is 24.3 Å². The summed E-state index contributed by atoms with van der Waals surface area (Å²) in [7, 11) is 1.15. The first-order valence-corrected chi connectivity index (χ1v) is 20.5. The summed E-state index contributed by atoms with van der Waals surface area (Å²) in [6, 6.07) is 0. The van der Waals surface area contributed by atoms with Crippen LogP contribution in [0.15, 0.2) is 24.3 Å². The smallest absolute Gasteiger partial charge is 0.306 e. The molecule has 282 valence electrons. The zero-order valence-electron chi connectivity index (χ0n) is 31.4. The van der Waals surface area contributed by atoms with E-state index in [9.17, 15) is 19.0 Å². The lowest BCUT2D eigenvalue weighted by molar-refractivity contribution is -0.870. The van der Waals surface area contributed by atoms with Crippen LogP contribution < -0.4 is 4.89 Å². The predicted molar refractivity (Wildman–Crippen MR) is 194 cm³/mol. The molecule has 0 aliphatic rings. The van der Waals surface area contributed by atoms with Crippen molar-refractivity contribution in [2.45, 2.75) is 161 Å². The van der Waals surface area contributed by atoms with E-state index in [1.54, 1.807) is 0 Å².